The van der Waals surface area contributed by atoms with Gasteiger partial charge in [-0.1, -0.05) is 0 Å². The van der Waals surface area contributed by atoms with Gasteiger partial charge in [-0.25, -0.2) is 14.6 Å². The van der Waals surface area contributed by atoms with Gasteiger partial charge in [-0.05, 0) is 19.8 Å². The van der Waals surface area contributed by atoms with Crippen molar-refractivity contribution in [3.63, 3.8) is 0 Å². The predicted octanol–water partition coefficient (Wildman–Crippen LogP) is 0.272. The third-order valence-electron chi connectivity index (χ3n) is 3.40. The number of hydrogen-bond acceptors (Lipinski definition) is 4. The van der Waals surface area contributed by atoms with Gasteiger partial charge in [0.1, 0.15) is 6.04 Å². The minimum atomic E-state index is -1.08. The van der Waals surface area contributed by atoms with Gasteiger partial charge in [-0.2, -0.15) is 0 Å². The van der Waals surface area contributed by atoms with Gasteiger partial charge in [-0.15, -0.1) is 0 Å². The van der Waals surface area contributed by atoms with Crippen LogP contribution < -0.4 is 10.6 Å². The molecule has 1 aliphatic rings. The minimum absolute atomic E-state index is 0.00958. The molecule has 8 nitrogen and oxygen atoms in total. The molecule has 1 saturated heterocycles. The second kappa shape index (κ2) is 7.07. The first-order valence-corrected chi connectivity index (χ1v) is 6.93. The molecule has 1 aromatic heterocycles. The van der Waals surface area contributed by atoms with Crippen molar-refractivity contribution in [2.75, 3.05) is 6.61 Å². The summed E-state index contributed by atoms with van der Waals surface area (Å²) in [5.41, 5.74) is 0.655. The molecule has 0 saturated carbocycles. The Labute approximate surface area is 122 Å². The normalized spacial score (nSPS) is 23.3. The lowest BCUT2D eigenvalue weighted by molar-refractivity contribution is -0.139. The Kier molecular flexibility index (Phi) is 5.15. The van der Waals surface area contributed by atoms with Gasteiger partial charge in [0.25, 0.3) is 0 Å². The van der Waals surface area contributed by atoms with Crippen molar-refractivity contribution in [3.05, 3.63) is 18.2 Å². The Morgan fingerprint density at radius 2 is 2.43 bits per heavy atom. The number of carbonyl (C=O) groups excluding carboxylic acids is 1. The first kappa shape index (κ1) is 15.3. The highest BCUT2D eigenvalue weighted by atomic mass is 16.5. The largest absolute Gasteiger partial charge is 0.480 e. The van der Waals surface area contributed by atoms with Crippen LogP contribution in [0.5, 0.6) is 0 Å². The number of nitrogens with zero attached hydrogens (tertiary/aromatic N) is 1. The van der Waals surface area contributed by atoms with E-state index in [1.807, 2.05) is 6.92 Å². The Balaban J connectivity index is 1.84. The topological polar surface area (TPSA) is 116 Å². The molecule has 2 amide bonds. The monoisotopic (exact) mass is 296 g/mol. The van der Waals surface area contributed by atoms with E-state index in [-0.39, 0.29) is 18.6 Å². The molecule has 0 spiro atoms. The van der Waals surface area contributed by atoms with Crippen molar-refractivity contribution in [1.29, 1.82) is 0 Å². The van der Waals surface area contributed by atoms with Crippen LogP contribution in [0.1, 0.15) is 25.5 Å². The summed E-state index contributed by atoms with van der Waals surface area (Å²) in [5.74, 6) is -1.08. The molecule has 4 N–H and O–H groups in total. The number of carboxylic acids is 1. The maximum Gasteiger partial charge on any atom is 0.326 e. The second-order valence-electron chi connectivity index (χ2n) is 5.19. The van der Waals surface area contributed by atoms with E-state index in [0.29, 0.717) is 12.3 Å². The standard InChI is InChI=1S/C13H20N4O4/c1-8-4-9(2-3-21-8)16-13(20)17-11(12(18)19)5-10-6-14-7-15-10/h6-9,11H,2-5H2,1H3,(H,14,15)(H,18,19)(H2,16,17,20)/t8?,9?,11-/m1/s1. The van der Waals surface area contributed by atoms with E-state index in [9.17, 15) is 14.7 Å². The second-order valence-corrected chi connectivity index (χ2v) is 5.19. The molecule has 0 aliphatic carbocycles. The summed E-state index contributed by atoms with van der Waals surface area (Å²) >= 11 is 0. The van der Waals surface area contributed by atoms with E-state index in [1.165, 1.54) is 12.5 Å². The average molecular weight is 296 g/mol. The minimum Gasteiger partial charge on any atom is -0.480 e. The van der Waals surface area contributed by atoms with Crippen LogP contribution in [0.15, 0.2) is 12.5 Å². The molecule has 21 heavy (non-hydrogen) atoms. The quantitative estimate of drug-likeness (QED) is 0.622. The lowest BCUT2D eigenvalue weighted by Crippen LogP contribution is -2.51. The number of carboxylic acid groups (broad SMARTS) is 1. The molecule has 8 heteroatoms. The van der Waals surface area contributed by atoms with Gasteiger partial charge in [0, 0.05) is 31.0 Å². The summed E-state index contributed by atoms with van der Waals surface area (Å²) in [4.78, 5) is 29.8. The highest BCUT2D eigenvalue weighted by Gasteiger charge is 2.24. The van der Waals surface area contributed by atoms with Crippen LogP contribution in [0.25, 0.3) is 0 Å². The Hall–Kier alpha value is -2.09. The Morgan fingerprint density at radius 1 is 1.62 bits per heavy atom. The van der Waals surface area contributed by atoms with Crippen molar-refractivity contribution in [1.82, 2.24) is 20.6 Å². The van der Waals surface area contributed by atoms with Gasteiger partial charge in [0.2, 0.25) is 0 Å². The van der Waals surface area contributed by atoms with Gasteiger partial charge < -0.3 is 25.5 Å². The van der Waals surface area contributed by atoms with E-state index in [4.69, 9.17) is 4.74 Å². The number of rotatable bonds is 5. The zero-order valence-corrected chi connectivity index (χ0v) is 11.8. The van der Waals surface area contributed by atoms with Crippen molar-refractivity contribution in [2.45, 2.75) is 44.4 Å². The summed E-state index contributed by atoms with van der Waals surface area (Å²) in [6.45, 7) is 2.55. The zero-order chi connectivity index (χ0) is 15.2. The van der Waals surface area contributed by atoms with Crippen LogP contribution in [0, 0.1) is 0 Å². The molecule has 3 atom stereocenters. The third-order valence-corrected chi connectivity index (χ3v) is 3.40. The fourth-order valence-corrected chi connectivity index (χ4v) is 2.33. The number of hydrogen-bond donors (Lipinski definition) is 4. The van der Waals surface area contributed by atoms with Crippen LogP contribution in [0.2, 0.25) is 0 Å². The number of nitrogens with one attached hydrogen (secondary N) is 3. The van der Waals surface area contributed by atoms with Crippen molar-refractivity contribution in [2.24, 2.45) is 0 Å². The fourth-order valence-electron chi connectivity index (χ4n) is 2.33. The van der Waals surface area contributed by atoms with Crippen LogP contribution >= 0.6 is 0 Å². The molecule has 1 fully saturated rings. The summed E-state index contributed by atoms with van der Waals surface area (Å²) in [7, 11) is 0. The van der Waals surface area contributed by atoms with E-state index in [1.54, 1.807) is 0 Å². The highest BCUT2D eigenvalue weighted by Crippen LogP contribution is 2.12. The molecule has 0 bridgehead atoms. The Bertz CT molecular complexity index is 477. The smallest absolute Gasteiger partial charge is 0.326 e. The number of amides is 2. The molecule has 2 rings (SSSR count). The molecule has 1 aromatic rings. The maximum atomic E-state index is 11.9. The summed E-state index contributed by atoms with van der Waals surface area (Å²) in [5, 5.41) is 14.4. The van der Waals surface area contributed by atoms with Crippen LogP contribution in [-0.4, -0.2) is 51.9 Å². The number of aliphatic carboxylic acids is 1. The fraction of sp³-hybridized carbons (Fsp3) is 0.615. The van der Waals surface area contributed by atoms with Gasteiger partial charge in [0.15, 0.2) is 0 Å². The summed E-state index contributed by atoms with van der Waals surface area (Å²) < 4.78 is 5.40. The average Bonchev–Trinajstić information content (AvgIpc) is 2.90. The van der Waals surface area contributed by atoms with Crippen LogP contribution in [0.3, 0.4) is 0 Å². The molecule has 116 valence electrons. The van der Waals surface area contributed by atoms with E-state index < -0.39 is 18.0 Å². The van der Waals surface area contributed by atoms with Gasteiger partial charge in [0.05, 0.1) is 12.4 Å². The number of aromatic nitrogens is 2. The third kappa shape index (κ3) is 4.75. The molecule has 2 heterocycles. The lowest BCUT2D eigenvalue weighted by atomic mass is 10.0. The van der Waals surface area contributed by atoms with Gasteiger partial charge >= 0.3 is 12.0 Å². The number of urea groups is 1. The first-order chi connectivity index (χ1) is 10.0. The number of imidazole rings is 1. The molecular weight excluding hydrogens is 276 g/mol. The van der Waals surface area contributed by atoms with Crippen molar-refractivity contribution in [3.8, 4) is 0 Å². The van der Waals surface area contributed by atoms with Gasteiger partial charge in [-0.3, -0.25) is 0 Å². The summed E-state index contributed by atoms with van der Waals surface area (Å²) in [6.07, 6.45) is 4.73. The van der Waals surface area contributed by atoms with Crippen molar-refractivity contribution < 1.29 is 19.4 Å². The maximum absolute atomic E-state index is 11.9. The highest BCUT2D eigenvalue weighted by molar-refractivity contribution is 5.82. The zero-order valence-electron chi connectivity index (χ0n) is 11.8. The molecule has 0 radical (unpaired) electrons. The molecule has 0 aromatic carbocycles. The van der Waals surface area contributed by atoms with Crippen LogP contribution in [0.4, 0.5) is 4.79 Å². The predicted molar refractivity (Wildman–Crippen MR) is 73.8 cm³/mol. The van der Waals surface area contributed by atoms with E-state index >= 15 is 0 Å². The van der Waals surface area contributed by atoms with E-state index in [0.717, 1.165) is 12.8 Å². The molecule has 1 aliphatic heterocycles. The number of ether oxygens (including phenoxy) is 1. The molecular formula is C13H20N4O4. The SMILES string of the molecule is CC1CC(NC(=O)N[C@H](Cc2cnc[nH]2)C(=O)O)CCO1. The number of aromatic amines is 1. The first-order valence-electron chi connectivity index (χ1n) is 6.93. The lowest BCUT2D eigenvalue weighted by Gasteiger charge is -2.28. The van der Waals surface area contributed by atoms with Crippen LogP contribution in [-0.2, 0) is 16.0 Å². The van der Waals surface area contributed by atoms with E-state index in [2.05, 4.69) is 20.6 Å². The Morgan fingerprint density at radius 3 is 3.05 bits per heavy atom. The summed E-state index contributed by atoms with van der Waals surface area (Å²) in [6, 6.07) is -1.46. The number of H-pyrrole nitrogens is 1. The number of carbonyl (C=O) groups is 2. The molecule has 2 unspecified atom stereocenters. The van der Waals surface area contributed by atoms with Crippen molar-refractivity contribution >= 4 is 12.0 Å².